The van der Waals surface area contributed by atoms with Gasteiger partial charge in [-0.15, -0.1) is 0 Å². The number of hydrogen-bond donors (Lipinski definition) is 1. The van der Waals surface area contributed by atoms with E-state index in [1.807, 2.05) is 0 Å². The summed E-state index contributed by atoms with van der Waals surface area (Å²) in [5.74, 6) is -1.00. The van der Waals surface area contributed by atoms with Crippen LogP contribution in [0.2, 0.25) is 5.02 Å². The zero-order chi connectivity index (χ0) is 17.8. The molecule has 1 heterocycles. The van der Waals surface area contributed by atoms with Crippen LogP contribution in [-0.4, -0.2) is 23.0 Å². The topological polar surface area (TPSA) is 81.4 Å². The number of halogens is 1. The molecule has 3 aromatic rings. The molecule has 1 unspecified atom stereocenters. The Morgan fingerprint density at radius 2 is 2.00 bits per heavy atom. The first-order valence-electron chi connectivity index (χ1n) is 7.67. The highest BCUT2D eigenvalue weighted by molar-refractivity contribution is 6.30. The van der Waals surface area contributed by atoms with Crippen molar-refractivity contribution in [1.82, 2.24) is 4.98 Å². The fraction of sp³-hybridized carbons (Fsp3) is 0.167. The van der Waals surface area contributed by atoms with E-state index in [1.165, 1.54) is 12.5 Å². The molecule has 25 heavy (non-hydrogen) atoms. The minimum absolute atomic E-state index is 0.294. The van der Waals surface area contributed by atoms with E-state index in [1.54, 1.807) is 43.3 Å². The van der Waals surface area contributed by atoms with Gasteiger partial charge < -0.3 is 14.5 Å². The number of ether oxygens (including phenoxy) is 1. The van der Waals surface area contributed by atoms with Crippen molar-refractivity contribution in [2.75, 3.05) is 5.32 Å². The number of esters is 1. The average Bonchev–Trinajstić information content (AvgIpc) is 3.09. The van der Waals surface area contributed by atoms with E-state index in [9.17, 15) is 9.59 Å². The minimum Gasteiger partial charge on any atom is -0.449 e. The van der Waals surface area contributed by atoms with Crippen molar-refractivity contribution in [2.45, 2.75) is 19.4 Å². The van der Waals surface area contributed by atoms with Crippen LogP contribution in [-0.2, 0) is 9.53 Å². The van der Waals surface area contributed by atoms with E-state index in [4.69, 9.17) is 20.8 Å². The van der Waals surface area contributed by atoms with Crippen molar-refractivity contribution < 1.29 is 18.7 Å². The normalized spacial score (nSPS) is 11.9. The van der Waals surface area contributed by atoms with Crippen LogP contribution in [0.1, 0.15) is 23.7 Å². The maximum atomic E-state index is 12.3. The zero-order valence-corrected chi connectivity index (χ0v) is 14.1. The summed E-state index contributed by atoms with van der Waals surface area (Å²) >= 11 is 5.81. The Morgan fingerprint density at radius 3 is 2.72 bits per heavy atom. The highest BCUT2D eigenvalue weighted by Crippen LogP contribution is 2.17. The number of aromatic nitrogens is 1. The quantitative estimate of drug-likeness (QED) is 0.696. The lowest BCUT2D eigenvalue weighted by Crippen LogP contribution is -2.32. The highest BCUT2D eigenvalue weighted by Gasteiger charge is 2.22. The maximum absolute atomic E-state index is 12.3. The fourth-order valence-electron chi connectivity index (χ4n) is 2.26. The first-order valence-corrected chi connectivity index (χ1v) is 8.05. The number of amides is 1. The molecular formula is C18H15ClN2O4. The molecule has 1 aromatic heterocycles. The second kappa shape index (κ2) is 7.36. The SMILES string of the molecule is CCC(OC(=O)c1ccc2ncoc2c1)C(=O)Nc1ccc(Cl)cc1. The van der Waals surface area contributed by atoms with Gasteiger partial charge in [-0.05, 0) is 48.9 Å². The molecule has 128 valence electrons. The Morgan fingerprint density at radius 1 is 1.24 bits per heavy atom. The molecule has 1 atom stereocenters. The monoisotopic (exact) mass is 358 g/mol. The van der Waals surface area contributed by atoms with Gasteiger partial charge in [0.1, 0.15) is 5.52 Å². The molecule has 2 aromatic carbocycles. The molecule has 0 fully saturated rings. The molecule has 7 heteroatoms. The number of benzene rings is 2. The number of fused-ring (bicyclic) bond motifs is 1. The summed E-state index contributed by atoms with van der Waals surface area (Å²) in [5.41, 5.74) is 1.99. The summed E-state index contributed by atoms with van der Waals surface area (Å²) in [6, 6.07) is 11.4. The Hall–Kier alpha value is -2.86. The van der Waals surface area contributed by atoms with Gasteiger partial charge in [-0.3, -0.25) is 4.79 Å². The summed E-state index contributed by atoms with van der Waals surface area (Å²) in [7, 11) is 0. The predicted octanol–water partition coefficient (Wildman–Crippen LogP) is 4.06. The summed E-state index contributed by atoms with van der Waals surface area (Å²) in [6.45, 7) is 1.76. The summed E-state index contributed by atoms with van der Waals surface area (Å²) < 4.78 is 10.5. The van der Waals surface area contributed by atoms with Crippen LogP contribution in [0, 0.1) is 0 Å². The highest BCUT2D eigenvalue weighted by atomic mass is 35.5. The first kappa shape index (κ1) is 17.0. The largest absolute Gasteiger partial charge is 0.449 e. The van der Waals surface area contributed by atoms with Gasteiger partial charge in [-0.25, -0.2) is 9.78 Å². The number of oxazole rings is 1. The van der Waals surface area contributed by atoms with Crippen molar-refractivity contribution in [3.05, 3.63) is 59.4 Å². The molecule has 0 radical (unpaired) electrons. The van der Waals surface area contributed by atoms with E-state index in [-0.39, 0.29) is 0 Å². The molecule has 3 rings (SSSR count). The molecule has 0 aliphatic carbocycles. The Balaban J connectivity index is 1.68. The van der Waals surface area contributed by atoms with E-state index in [2.05, 4.69) is 10.3 Å². The summed E-state index contributed by atoms with van der Waals surface area (Å²) in [4.78, 5) is 28.6. The molecular weight excluding hydrogens is 344 g/mol. The number of nitrogens with one attached hydrogen (secondary N) is 1. The van der Waals surface area contributed by atoms with E-state index in [0.717, 1.165) is 0 Å². The standard InChI is InChI=1S/C18H15ClN2O4/c1-2-15(17(22)21-13-6-4-12(19)5-7-13)25-18(23)11-3-8-14-16(9-11)24-10-20-14/h3-10,15H,2H2,1H3,(H,21,22). The maximum Gasteiger partial charge on any atom is 0.339 e. The van der Waals surface area contributed by atoms with Gasteiger partial charge in [0.2, 0.25) is 0 Å². The molecule has 1 amide bonds. The van der Waals surface area contributed by atoms with Crippen molar-refractivity contribution in [3.63, 3.8) is 0 Å². The van der Waals surface area contributed by atoms with E-state index in [0.29, 0.717) is 33.8 Å². The molecule has 1 N–H and O–H groups in total. The second-order valence-electron chi connectivity index (χ2n) is 5.33. The van der Waals surface area contributed by atoms with Gasteiger partial charge in [0.05, 0.1) is 5.56 Å². The molecule has 0 bridgehead atoms. The second-order valence-corrected chi connectivity index (χ2v) is 5.77. The smallest absolute Gasteiger partial charge is 0.339 e. The Labute approximate surface area is 148 Å². The number of carbonyl (C=O) groups is 2. The van der Waals surface area contributed by atoms with Gasteiger partial charge in [-0.2, -0.15) is 0 Å². The third-order valence-electron chi connectivity index (χ3n) is 3.59. The van der Waals surface area contributed by atoms with Crippen LogP contribution < -0.4 is 5.32 Å². The average molecular weight is 359 g/mol. The van der Waals surface area contributed by atoms with Crippen molar-refractivity contribution in [3.8, 4) is 0 Å². The summed E-state index contributed by atoms with van der Waals surface area (Å²) in [5, 5.41) is 3.27. The third kappa shape index (κ3) is 3.97. The molecule has 0 aliphatic heterocycles. The van der Waals surface area contributed by atoms with E-state index >= 15 is 0 Å². The third-order valence-corrected chi connectivity index (χ3v) is 3.84. The lowest BCUT2D eigenvalue weighted by atomic mass is 10.2. The number of anilines is 1. The minimum atomic E-state index is -0.909. The van der Waals surface area contributed by atoms with Crippen LogP contribution in [0.3, 0.4) is 0 Å². The number of nitrogens with zero attached hydrogens (tertiary/aromatic N) is 1. The van der Waals surface area contributed by atoms with Crippen LogP contribution in [0.4, 0.5) is 5.69 Å². The summed E-state index contributed by atoms with van der Waals surface area (Å²) in [6.07, 6.45) is 0.734. The predicted molar refractivity (Wildman–Crippen MR) is 93.6 cm³/mol. The van der Waals surface area contributed by atoms with Gasteiger partial charge >= 0.3 is 5.97 Å². The Kier molecular flexibility index (Phi) is 5.00. The van der Waals surface area contributed by atoms with Gasteiger partial charge in [0.15, 0.2) is 18.1 Å². The number of carbonyl (C=O) groups excluding carboxylic acids is 2. The molecule has 0 spiro atoms. The molecule has 6 nitrogen and oxygen atoms in total. The van der Waals surface area contributed by atoms with Crippen molar-refractivity contribution in [1.29, 1.82) is 0 Å². The van der Waals surface area contributed by atoms with E-state index < -0.39 is 18.0 Å². The molecule has 0 saturated heterocycles. The number of hydrogen-bond acceptors (Lipinski definition) is 5. The van der Waals surface area contributed by atoms with Crippen molar-refractivity contribution in [2.24, 2.45) is 0 Å². The lowest BCUT2D eigenvalue weighted by Gasteiger charge is -2.16. The lowest BCUT2D eigenvalue weighted by molar-refractivity contribution is -0.124. The molecule has 0 saturated carbocycles. The van der Waals surface area contributed by atoms with Crippen LogP contribution in [0.15, 0.2) is 53.3 Å². The van der Waals surface area contributed by atoms with Gasteiger partial charge in [0.25, 0.3) is 5.91 Å². The first-order chi connectivity index (χ1) is 12.1. The fourth-order valence-corrected chi connectivity index (χ4v) is 2.38. The van der Waals surface area contributed by atoms with Crippen LogP contribution in [0.25, 0.3) is 11.1 Å². The van der Waals surface area contributed by atoms with Gasteiger partial charge in [0, 0.05) is 10.7 Å². The van der Waals surface area contributed by atoms with Gasteiger partial charge in [-0.1, -0.05) is 18.5 Å². The number of rotatable bonds is 5. The zero-order valence-electron chi connectivity index (χ0n) is 13.4. The van der Waals surface area contributed by atoms with Crippen LogP contribution in [0.5, 0.6) is 0 Å². The Bertz CT molecular complexity index is 905. The van der Waals surface area contributed by atoms with Crippen molar-refractivity contribution >= 4 is 40.3 Å². The molecule has 0 aliphatic rings. The van der Waals surface area contributed by atoms with Crippen LogP contribution >= 0.6 is 11.6 Å².